The van der Waals surface area contributed by atoms with Crippen LogP contribution in [0.5, 0.6) is 0 Å². The van der Waals surface area contributed by atoms with Crippen LogP contribution < -0.4 is 10.2 Å². The van der Waals surface area contributed by atoms with E-state index < -0.39 is 0 Å². The van der Waals surface area contributed by atoms with Gasteiger partial charge in [-0.2, -0.15) is 0 Å². The van der Waals surface area contributed by atoms with Gasteiger partial charge in [0.15, 0.2) is 0 Å². The van der Waals surface area contributed by atoms with Crippen LogP contribution in [0.2, 0.25) is 0 Å². The molecule has 3 aliphatic rings. The van der Waals surface area contributed by atoms with Crippen molar-refractivity contribution in [2.24, 2.45) is 11.8 Å². The van der Waals surface area contributed by atoms with E-state index in [0.29, 0.717) is 12.8 Å². The summed E-state index contributed by atoms with van der Waals surface area (Å²) in [5, 5.41) is 2.89. The number of para-hydroxylation sites is 2. The minimum atomic E-state index is -0.329. The number of nitrogens with zero attached hydrogens (tertiary/aromatic N) is 2. The molecule has 2 aliphatic heterocycles. The number of benzene rings is 1. The summed E-state index contributed by atoms with van der Waals surface area (Å²) in [7, 11) is 0. The number of nitrogens with one attached hydrogen (secondary N) is 1. The quantitative estimate of drug-likeness (QED) is 0.665. The van der Waals surface area contributed by atoms with Crippen molar-refractivity contribution in [3.05, 3.63) is 36.4 Å². The molecule has 1 aliphatic carbocycles. The number of carbonyl (C=O) groups excluding carboxylic acids is 3. The summed E-state index contributed by atoms with van der Waals surface area (Å²) in [5.74, 6) is -1.35. The highest BCUT2D eigenvalue weighted by atomic mass is 16.2. The van der Waals surface area contributed by atoms with E-state index in [-0.39, 0.29) is 36.1 Å². The molecule has 1 aromatic rings. The minimum absolute atomic E-state index is 0.209. The molecule has 6 nitrogen and oxygen atoms in total. The Morgan fingerprint density at radius 2 is 1.62 bits per heavy atom. The molecule has 0 radical (unpaired) electrons. The lowest BCUT2D eigenvalue weighted by Gasteiger charge is -2.22. The van der Waals surface area contributed by atoms with Gasteiger partial charge >= 0.3 is 0 Å². The fourth-order valence-corrected chi connectivity index (χ4v) is 4.17. The third kappa shape index (κ3) is 3.00. The molecule has 4 rings (SSSR count). The number of hydrogen-bond acceptors (Lipinski definition) is 4. The van der Waals surface area contributed by atoms with E-state index in [9.17, 15) is 14.4 Å². The van der Waals surface area contributed by atoms with Crippen molar-refractivity contribution in [1.29, 1.82) is 0 Å². The van der Waals surface area contributed by atoms with E-state index in [1.165, 1.54) is 0 Å². The second-order valence-electron chi connectivity index (χ2n) is 7.18. The van der Waals surface area contributed by atoms with Crippen molar-refractivity contribution in [3.8, 4) is 0 Å². The zero-order chi connectivity index (χ0) is 18.1. The summed E-state index contributed by atoms with van der Waals surface area (Å²) in [6.45, 7) is 1.75. The lowest BCUT2D eigenvalue weighted by Crippen LogP contribution is -2.38. The Balaban J connectivity index is 1.45. The van der Waals surface area contributed by atoms with Gasteiger partial charge in [0.25, 0.3) is 0 Å². The highest BCUT2D eigenvalue weighted by molar-refractivity contribution is 6.09. The molecule has 0 unspecified atom stereocenters. The van der Waals surface area contributed by atoms with Gasteiger partial charge in [-0.3, -0.25) is 19.3 Å². The van der Waals surface area contributed by atoms with Crippen molar-refractivity contribution in [3.63, 3.8) is 0 Å². The fourth-order valence-electron chi connectivity index (χ4n) is 4.17. The van der Waals surface area contributed by atoms with Crippen LogP contribution in [0.1, 0.15) is 25.7 Å². The zero-order valence-electron chi connectivity index (χ0n) is 14.7. The Morgan fingerprint density at radius 1 is 1.00 bits per heavy atom. The van der Waals surface area contributed by atoms with Gasteiger partial charge in [0.2, 0.25) is 17.7 Å². The fraction of sp³-hybridized carbons (Fsp3) is 0.450. The molecule has 2 saturated heterocycles. The average Bonchev–Trinajstić information content (AvgIpc) is 3.26. The van der Waals surface area contributed by atoms with Crippen molar-refractivity contribution in [2.75, 3.05) is 29.9 Å². The Labute approximate surface area is 152 Å². The Kier molecular flexibility index (Phi) is 4.49. The van der Waals surface area contributed by atoms with Gasteiger partial charge in [0.05, 0.1) is 23.2 Å². The van der Waals surface area contributed by atoms with Crippen LogP contribution in [0, 0.1) is 11.8 Å². The first-order chi connectivity index (χ1) is 12.6. The third-order valence-electron chi connectivity index (χ3n) is 5.53. The maximum absolute atomic E-state index is 12.5. The monoisotopic (exact) mass is 353 g/mol. The molecule has 1 aromatic carbocycles. The summed E-state index contributed by atoms with van der Waals surface area (Å²) < 4.78 is 0. The van der Waals surface area contributed by atoms with Gasteiger partial charge in [-0.15, -0.1) is 0 Å². The SMILES string of the molecule is O=C(CN1C(=O)[C@H]2CC=CC[C@@H]2C1=O)Nc1ccccc1N1CCCC1. The highest BCUT2D eigenvalue weighted by Crippen LogP contribution is 2.35. The molecule has 0 bridgehead atoms. The van der Waals surface area contributed by atoms with E-state index >= 15 is 0 Å². The van der Waals surface area contributed by atoms with Gasteiger partial charge in [-0.1, -0.05) is 24.3 Å². The minimum Gasteiger partial charge on any atom is -0.370 e. The number of amides is 3. The topological polar surface area (TPSA) is 69.7 Å². The molecule has 0 aromatic heterocycles. The van der Waals surface area contributed by atoms with Crippen LogP contribution in [0.4, 0.5) is 11.4 Å². The van der Waals surface area contributed by atoms with Crippen LogP contribution in [0.15, 0.2) is 36.4 Å². The lowest BCUT2D eigenvalue weighted by atomic mass is 9.85. The van der Waals surface area contributed by atoms with Gasteiger partial charge < -0.3 is 10.2 Å². The smallest absolute Gasteiger partial charge is 0.244 e. The molecule has 136 valence electrons. The Morgan fingerprint density at radius 3 is 2.27 bits per heavy atom. The van der Waals surface area contributed by atoms with E-state index in [0.717, 1.165) is 42.2 Å². The number of allylic oxidation sites excluding steroid dienone is 2. The first kappa shape index (κ1) is 16.8. The second-order valence-corrected chi connectivity index (χ2v) is 7.18. The predicted octanol–water partition coefficient (Wildman–Crippen LogP) is 2.18. The van der Waals surface area contributed by atoms with E-state index in [4.69, 9.17) is 0 Å². The molecule has 0 saturated carbocycles. The van der Waals surface area contributed by atoms with E-state index in [2.05, 4.69) is 10.2 Å². The van der Waals surface area contributed by atoms with Crippen LogP contribution in [-0.4, -0.2) is 42.3 Å². The molecule has 2 fully saturated rings. The normalized spacial score (nSPS) is 24.9. The number of likely N-dealkylation sites (tertiary alicyclic amines) is 1. The summed E-state index contributed by atoms with van der Waals surface area (Å²) in [5.41, 5.74) is 1.73. The summed E-state index contributed by atoms with van der Waals surface area (Å²) in [6, 6.07) is 7.69. The standard InChI is InChI=1S/C20H23N3O3/c24-18(13-23-19(25)14-7-1-2-8-15(14)20(23)26)21-16-9-3-4-10-17(16)22-11-5-6-12-22/h1-4,9-10,14-15H,5-8,11-13H2,(H,21,24)/t14-,15-/m0/s1. The molecular formula is C20H23N3O3. The van der Waals surface area contributed by atoms with E-state index in [1.54, 1.807) is 0 Å². The maximum Gasteiger partial charge on any atom is 0.244 e. The summed E-state index contributed by atoms with van der Waals surface area (Å²) in [6.07, 6.45) is 7.37. The molecule has 6 heteroatoms. The van der Waals surface area contributed by atoms with Crippen LogP contribution >= 0.6 is 0 Å². The number of carbonyl (C=O) groups is 3. The van der Waals surface area contributed by atoms with Crippen LogP contribution in [0.25, 0.3) is 0 Å². The number of hydrogen-bond donors (Lipinski definition) is 1. The molecule has 0 spiro atoms. The number of imide groups is 1. The maximum atomic E-state index is 12.5. The van der Waals surface area contributed by atoms with Gasteiger partial charge in [-0.05, 0) is 37.8 Å². The summed E-state index contributed by atoms with van der Waals surface area (Å²) >= 11 is 0. The summed E-state index contributed by atoms with van der Waals surface area (Å²) in [4.78, 5) is 40.9. The second kappa shape index (κ2) is 6.94. The number of rotatable bonds is 4. The third-order valence-corrected chi connectivity index (χ3v) is 5.53. The largest absolute Gasteiger partial charge is 0.370 e. The zero-order valence-corrected chi connectivity index (χ0v) is 14.7. The number of anilines is 2. The molecule has 26 heavy (non-hydrogen) atoms. The van der Waals surface area contributed by atoms with Crippen molar-refractivity contribution < 1.29 is 14.4 Å². The highest BCUT2D eigenvalue weighted by Gasteiger charge is 2.47. The van der Waals surface area contributed by atoms with Crippen LogP contribution in [0.3, 0.4) is 0 Å². The van der Waals surface area contributed by atoms with Gasteiger partial charge in [0.1, 0.15) is 6.54 Å². The first-order valence-corrected chi connectivity index (χ1v) is 9.29. The Bertz CT molecular complexity index is 741. The van der Waals surface area contributed by atoms with Crippen LogP contribution in [-0.2, 0) is 14.4 Å². The molecule has 2 heterocycles. The van der Waals surface area contributed by atoms with Crippen molar-refractivity contribution in [1.82, 2.24) is 4.90 Å². The van der Waals surface area contributed by atoms with Gasteiger partial charge in [0, 0.05) is 13.1 Å². The lowest BCUT2D eigenvalue weighted by molar-refractivity contribution is -0.142. The molecule has 1 N–H and O–H groups in total. The molecule has 3 amide bonds. The molecule has 2 atom stereocenters. The van der Waals surface area contributed by atoms with Gasteiger partial charge in [-0.25, -0.2) is 0 Å². The molecular weight excluding hydrogens is 330 g/mol. The predicted molar refractivity (Wildman–Crippen MR) is 98.6 cm³/mol. The average molecular weight is 353 g/mol. The number of fused-ring (bicyclic) bond motifs is 1. The Hall–Kier alpha value is -2.63. The van der Waals surface area contributed by atoms with E-state index in [1.807, 2.05) is 36.4 Å². The first-order valence-electron chi connectivity index (χ1n) is 9.29. The van der Waals surface area contributed by atoms with Crippen molar-refractivity contribution in [2.45, 2.75) is 25.7 Å². The van der Waals surface area contributed by atoms with Crippen molar-refractivity contribution >= 4 is 29.1 Å².